The lowest BCUT2D eigenvalue weighted by Gasteiger charge is -2.20. The van der Waals surface area contributed by atoms with Gasteiger partial charge in [-0.2, -0.15) is 26.3 Å². The average Bonchev–Trinajstić information content (AvgIpc) is 3.13. The minimum Gasteiger partial charge on any atom is -0.497 e. The molecular weight excluding hydrogens is 576 g/mol. The van der Waals surface area contributed by atoms with Gasteiger partial charge in [0.25, 0.3) is 5.56 Å². The van der Waals surface area contributed by atoms with Gasteiger partial charge in [0, 0.05) is 50.2 Å². The Labute approximate surface area is 235 Å². The molecule has 0 bridgehead atoms. The molecule has 0 saturated heterocycles. The molecule has 0 unspecified atom stereocenters. The third-order valence-corrected chi connectivity index (χ3v) is 5.87. The number of hydrogen-bond acceptors (Lipinski definition) is 6. The average molecular weight is 604 g/mol. The van der Waals surface area contributed by atoms with Gasteiger partial charge in [0.15, 0.2) is 0 Å². The Morgan fingerprint density at radius 3 is 1.93 bits per heavy atom. The molecule has 15 heteroatoms. The van der Waals surface area contributed by atoms with Crippen molar-refractivity contribution in [1.29, 1.82) is 0 Å². The summed E-state index contributed by atoms with van der Waals surface area (Å²) in [6.07, 6.45) is -4.74. The molecule has 0 amide bonds. The molecule has 0 aliphatic carbocycles. The van der Waals surface area contributed by atoms with Crippen molar-refractivity contribution in [2.24, 2.45) is 0 Å². The summed E-state index contributed by atoms with van der Waals surface area (Å²) in [7, 11) is 1.69. The Hall–Kier alpha value is -4.40. The summed E-state index contributed by atoms with van der Waals surface area (Å²) < 4.78 is 70.6. The molecular formula is C27H27F6N3O6. The SMILES string of the molecule is COc1ccc(CN2CCc3ccc(=O)n(Cc4cccnc4)c3CC2)cc1.O=C(O)C(F)(F)F.O=C(O)C(F)(F)F. The number of rotatable bonds is 5. The lowest BCUT2D eigenvalue weighted by molar-refractivity contribution is -0.193. The van der Waals surface area contributed by atoms with E-state index in [4.69, 9.17) is 24.5 Å². The van der Waals surface area contributed by atoms with Crippen molar-refractivity contribution in [2.45, 2.75) is 38.3 Å². The van der Waals surface area contributed by atoms with Crippen LogP contribution in [0, 0.1) is 0 Å². The zero-order chi connectivity index (χ0) is 31.5. The molecule has 0 atom stereocenters. The van der Waals surface area contributed by atoms with Crippen LogP contribution in [0.15, 0.2) is 65.7 Å². The minimum absolute atomic E-state index is 0.0613. The number of benzene rings is 1. The first-order valence-electron chi connectivity index (χ1n) is 12.2. The van der Waals surface area contributed by atoms with Crippen molar-refractivity contribution in [3.63, 3.8) is 0 Å². The highest BCUT2D eigenvalue weighted by molar-refractivity contribution is 5.73. The predicted molar refractivity (Wildman–Crippen MR) is 137 cm³/mol. The number of pyridine rings is 2. The van der Waals surface area contributed by atoms with E-state index >= 15 is 0 Å². The Balaban J connectivity index is 0.000000367. The smallest absolute Gasteiger partial charge is 0.490 e. The molecule has 4 rings (SSSR count). The third kappa shape index (κ3) is 10.9. The first-order valence-corrected chi connectivity index (χ1v) is 12.2. The van der Waals surface area contributed by atoms with Gasteiger partial charge >= 0.3 is 24.3 Å². The summed E-state index contributed by atoms with van der Waals surface area (Å²) in [5.41, 5.74) is 4.83. The number of carboxylic acid groups (broad SMARTS) is 2. The highest BCUT2D eigenvalue weighted by atomic mass is 19.4. The van der Waals surface area contributed by atoms with Gasteiger partial charge in [0.1, 0.15) is 5.75 Å². The van der Waals surface area contributed by atoms with Crippen molar-refractivity contribution in [3.8, 4) is 5.75 Å². The Morgan fingerprint density at radius 1 is 0.857 bits per heavy atom. The van der Waals surface area contributed by atoms with Crippen molar-refractivity contribution in [2.75, 3.05) is 20.2 Å². The van der Waals surface area contributed by atoms with Crippen LogP contribution in [-0.4, -0.2) is 69.2 Å². The monoisotopic (exact) mass is 603 g/mol. The fourth-order valence-corrected chi connectivity index (χ4v) is 3.84. The quantitative estimate of drug-likeness (QED) is 0.417. The molecule has 3 heterocycles. The van der Waals surface area contributed by atoms with E-state index < -0.39 is 24.3 Å². The molecule has 42 heavy (non-hydrogen) atoms. The van der Waals surface area contributed by atoms with Gasteiger partial charge in [-0.15, -0.1) is 0 Å². The molecule has 0 fully saturated rings. The topological polar surface area (TPSA) is 122 Å². The van der Waals surface area contributed by atoms with Crippen LogP contribution in [0.25, 0.3) is 0 Å². The van der Waals surface area contributed by atoms with Crippen LogP contribution in [0.2, 0.25) is 0 Å². The molecule has 2 N–H and O–H groups in total. The standard InChI is InChI=1S/C23H25N3O2.2C2HF3O2/c1-28-21-7-4-18(5-8-21)16-25-13-10-20-6-9-23(27)26(22(20)11-14-25)17-19-3-2-12-24-15-19;2*3-2(4,5)1(6)7/h2-9,12,15H,10-11,13-14,16-17H2,1H3;2*(H,6,7). The second-order valence-corrected chi connectivity index (χ2v) is 8.82. The van der Waals surface area contributed by atoms with E-state index in [0.717, 1.165) is 49.5 Å². The maximum atomic E-state index is 12.6. The van der Waals surface area contributed by atoms with Crippen LogP contribution in [0.1, 0.15) is 22.4 Å². The van der Waals surface area contributed by atoms with E-state index in [-0.39, 0.29) is 5.56 Å². The molecule has 2 aromatic heterocycles. The lowest BCUT2D eigenvalue weighted by Crippen LogP contribution is -2.27. The summed E-state index contributed by atoms with van der Waals surface area (Å²) in [6.45, 7) is 3.42. The number of aromatic nitrogens is 2. The fourth-order valence-electron chi connectivity index (χ4n) is 3.84. The number of aliphatic carboxylic acids is 2. The number of carbonyl (C=O) groups is 2. The van der Waals surface area contributed by atoms with Gasteiger partial charge in [-0.3, -0.25) is 14.7 Å². The second kappa shape index (κ2) is 15.0. The van der Waals surface area contributed by atoms with Crippen LogP contribution in [0.4, 0.5) is 26.3 Å². The first kappa shape index (κ1) is 33.8. The van der Waals surface area contributed by atoms with Crippen LogP contribution in [-0.2, 0) is 35.5 Å². The molecule has 1 aliphatic heterocycles. The zero-order valence-corrected chi connectivity index (χ0v) is 22.2. The molecule has 0 saturated carbocycles. The molecule has 3 aromatic rings. The number of carboxylic acids is 2. The van der Waals surface area contributed by atoms with Gasteiger partial charge in [-0.1, -0.05) is 24.3 Å². The van der Waals surface area contributed by atoms with E-state index in [9.17, 15) is 31.1 Å². The number of methoxy groups -OCH3 is 1. The maximum Gasteiger partial charge on any atom is 0.490 e. The van der Waals surface area contributed by atoms with Gasteiger partial charge in [-0.05, 0) is 41.3 Å². The molecule has 1 aliphatic rings. The maximum absolute atomic E-state index is 12.6. The summed E-state index contributed by atoms with van der Waals surface area (Å²) in [5.74, 6) is -4.63. The van der Waals surface area contributed by atoms with Crippen molar-refractivity contribution < 1.29 is 50.9 Å². The summed E-state index contributed by atoms with van der Waals surface area (Å²) >= 11 is 0. The van der Waals surface area contributed by atoms with Crippen molar-refractivity contribution in [3.05, 3.63) is 93.7 Å². The minimum atomic E-state index is -5.08. The van der Waals surface area contributed by atoms with Crippen molar-refractivity contribution in [1.82, 2.24) is 14.5 Å². The van der Waals surface area contributed by atoms with Crippen LogP contribution in [0.5, 0.6) is 5.75 Å². The summed E-state index contributed by atoms with van der Waals surface area (Å²) in [6, 6.07) is 15.9. The van der Waals surface area contributed by atoms with Crippen LogP contribution < -0.4 is 10.3 Å². The number of fused-ring (bicyclic) bond motifs is 1. The number of ether oxygens (including phenoxy) is 1. The van der Waals surface area contributed by atoms with Gasteiger partial charge in [0.05, 0.1) is 13.7 Å². The first-order chi connectivity index (χ1) is 19.6. The summed E-state index contributed by atoms with van der Waals surface area (Å²) in [5, 5.41) is 14.2. The highest BCUT2D eigenvalue weighted by Crippen LogP contribution is 2.19. The second-order valence-electron chi connectivity index (χ2n) is 8.82. The van der Waals surface area contributed by atoms with Crippen LogP contribution >= 0.6 is 0 Å². The number of halogens is 6. The normalized spacial score (nSPS) is 13.3. The highest BCUT2D eigenvalue weighted by Gasteiger charge is 2.38. The third-order valence-electron chi connectivity index (χ3n) is 5.87. The number of hydrogen-bond donors (Lipinski definition) is 2. The number of nitrogens with zero attached hydrogens (tertiary/aromatic N) is 3. The Kier molecular flexibility index (Phi) is 12.1. The van der Waals surface area contributed by atoms with Gasteiger partial charge in [0.2, 0.25) is 0 Å². The summed E-state index contributed by atoms with van der Waals surface area (Å²) in [4.78, 5) is 37.0. The predicted octanol–water partition coefficient (Wildman–Crippen LogP) is 4.17. The lowest BCUT2D eigenvalue weighted by atomic mass is 10.1. The van der Waals surface area contributed by atoms with E-state index in [0.29, 0.717) is 6.54 Å². The van der Waals surface area contributed by atoms with Gasteiger partial charge in [-0.25, -0.2) is 9.59 Å². The Morgan fingerprint density at radius 2 is 1.43 bits per heavy atom. The molecule has 228 valence electrons. The van der Waals surface area contributed by atoms with Crippen molar-refractivity contribution >= 4 is 11.9 Å². The van der Waals surface area contributed by atoms with E-state index in [1.54, 1.807) is 19.4 Å². The molecule has 0 spiro atoms. The van der Waals surface area contributed by atoms with E-state index in [2.05, 4.69) is 22.0 Å². The van der Waals surface area contributed by atoms with E-state index in [1.165, 1.54) is 11.1 Å². The molecule has 0 radical (unpaired) electrons. The van der Waals surface area contributed by atoms with E-state index in [1.807, 2.05) is 41.1 Å². The molecule has 1 aromatic carbocycles. The zero-order valence-electron chi connectivity index (χ0n) is 22.2. The Bertz CT molecular complexity index is 1350. The van der Waals surface area contributed by atoms with Crippen LogP contribution in [0.3, 0.4) is 0 Å². The fraction of sp³-hybridized carbons (Fsp3) is 0.333. The largest absolute Gasteiger partial charge is 0.497 e. The van der Waals surface area contributed by atoms with Gasteiger partial charge < -0.3 is 19.5 Å². The number of alkyl halides is 6. The molecule has 9 nitrogen and oxygen atoms in total.